The van der Waals surface area contributed by atoms with E-state index in [4.69, 9.17) is 9.05 Å². The molecule has 0 heterocycles. The van der Waals surface area contributed by atoms with E-state index < -0.39 is 25.1 Å². The lowest BCUT2D eigenvalue weighted by atomic mass is 10.1. The van der Waals surface area contributed by atoms with Crippen LogP contribution in [-0.4, -0.2) is 38.6 Å². The van der Waals surface area contributed by atoms with Crippen LogP contribution in [-0.2, 0) is 23.2 Å². The number of carbonyl (C=O) groups excluding carboxylic acids is 2. The normalized spacial score (nSPS) is 13.3. The third kappa shape index (κ3) is 25.2. The first kappa shape index (κ1) is 47.5. The maximum absolute atomic E-state index is 14.0. The molecule has 8 nitrogen and oxygen atoms in total. The highest BCUT2D eigenvalue weighted by molar-refractivity contribution is 7.56. The molecule has 9 heteroatoms. The maximum atomic E-state index is 14.0. The molecule has 0 amide bonds. The molecule has 0 radical (unpaired) electrons. The minimum Gasteiger partial charge on any atom is -0.380 e. The first-order valence-corrected chi connectivity index (χ1v) is 21.8. The summed E-state index contributed by atoms with van der Waals surface area (Å²) in [6.45, 7) is 4.50. The fraction of sp³-hybridized carbons (Fsp3) is 0.850. The fourth-order valence-corrected chi connectivity index (χ4v) is 7.83. The quantitative estimate of drug-likeness (QED) is 0.0255. The van der Waals surface area contributed by atoms with Crippen LogP contribution in [0.2, 0.25) is 0 Å². The van der Waals surface area contributed by atoms with E-state index in [0.717, 1.165) is 64.2 Å². The van der Waals surface area contributed by atoms with Crippen molar-refractivity contribution in [3.63, 3.8) is 0 Å². The van der Waals surface area contributed by atoms with Gasteiger partial charge in [0.2, 0.25) is 0 Å². The summed E-state index contributed by atoms with van der Waals surface area (Å²) < 4.78 is 24.9. The first-order chi connectivity index (χ1) is 23.8. The Hall–Kier alpha value is -1.47. The van der Waals surface area contributed by atoms with Gasteiger partial charge in [-0.3, -0.25) is 25.5 Å². The smallest absolute Gasteiger partial charge is 0.380 e. The summed E-state index contributed by atoms with van der Waals surface area (Å²) in [4.78, 5) is 25.6. The Morgan fingerprint density at radius 3 is 1.02 bits per heavy atom. The highest BCUT2D eigenvalue weighted by Crippen LogP contribution is 2.56. The van der Waals surface area contributed by atoms with Gasteiger partial charge in [-0.15, -0.1) is 0 Å². The van der Waals surface area contributed by atoms with Crippen LogP contribution in [0.4, 0.5) is 0 Å². The molecule has 0 fully saturated rings. The molecule has 0 aliphatic rings. The lowest BCUT2D eigenvalue weighted by Gasteiger charge is -2.36. The zero-order valence-corrected chi connectivity index (χ0v) is 33.5. The molecule has 3 N–H and O–H groups in total. The molecule has 0 aromatic heterocycles. The van der Waals surface area contributed by atoms with E-state index in [2.05, 4.69) is 54.1 Å². The molecular weight excluding hydrogens is 633 g/mol. The number of rotatable bonds is 36. The van der Waals surface area contributed by atoms with Gasteiger partial charge in [-0.2, -0.15) is 0 Å². The van der Waals surface area contributed by atoms with Crippen molar-refractivity contribution >= 4 is 19.5 Å². The number of carbonyl (C=O) groups is 2. The zero-order valence-electron chi connectivity index (χ0n) is 32.6. The molecule has 0 aliphatic heterocycles. The summed E-state index contributed by atoms with van der Waals surface area (Å²) in [6.07, 6.45) is 39.7. The van der Waals surface area contributed by atoms with Gasteiger partial charge in [0.1, 0.15) is 0 Å². The Morgan fingerprint density at radius 1 is 0.469 bits per heavy atom. The molecule has 49 heavy (non-hydrogen) atoms. The predicted octanol–water partition coefficient (Wildman–Crippen LogP) is 11.6. The largest absolute Gasteiger partial charge is 0.485 e. The van der Waals surface area contributed by atoms with E-state index in [1.54, 1.807) is 21.1 Å². The van der Waals surface area contributed by atoms with Crippen molar-refractivity contribution in [2.45, 2.75) is 199 Å². The Balaban J connectivity index is 4.33. The van der Waals surface area contributed by atoms with Crippen LogP contribution in [0.15, 0.2) is 24.3 Å². The highest BCUT2D eigenvalue weighted by atomic mass is 31.2. The second-order valence-electron chi connectivity index (χ2n) is 13.6. The van der Waals surface area contributed by atoms with Gasteiger partial charge in [-0.1, -0.05) is 141 Å². The number of hydrogen-bond acceptors (Lipinski definition) is 8. The molecule has 0 spiro atoms. The van der Waals surface area contributed by atoms with Gasteiger partial charge in [0, 0.05) is 12.8 Å². The lowest BCUT2D eigenvalue weighted by Crippen LogP contribution is -2.63. The summed E-state index contributed by atoms with van der Waals surface area (Å²) in [5, 5.41) is 8.58. The van der Waals surface area contributed by atoms with Crippen LogP contribution >= 0.6 is 7.60 Å². The molecule has 288 valence electrons. The molecule has 0 atom stereocenters. The van der Waals surface area contributed by atoms with Gasteiger partial charge >= 0.3 is 19.5 Å². The fourth-order valence-electron chi connectivity index (χ4n) is 5.98. The van der Waals surface area contributed by atoms with E-state index in [1.165, 1.54) is 89.9 Å². The molecular formula is C40H78N3O5P. The van der Waals surface area contributed by atoms with E-state index in [9.17, 15) is 14.2 Å². The van der Waals surface area contributed by atoms with Crippen molar-refractivity contribution in [1.29, 1.82) is 0 Å². The summed E-state index contributed by atoms with van der Waals surface area (Å²) >= 11 is 0. The van der Waals surface area contributed by atoms with Crippen molar-refractivity contribution in [2.75, 3.05) is 21.1 Å². The molecule has 0 rings (SSSR count). The average molecular weight is 712 g/mol. The van der Waals surface area contributed by atoms with Gasteiger partial charge in [0.05, 0.1) is 0 Å². The van der Waals surface area contributed by atoms with Gasteiger partial charge in [0.15, 0.2) is 0 Å². The zero-order chi connectivity index (χ0) is 36.3. The van der Waals surface area contributed by atoms with Crippen LogP contribution in [0.25, 0.3) is 0 Å². The van der Waals surface area contributed by atoms with Crippen molar-refractivity contribution < 1.29 is 23.2 Å². The highest BCUT2D eigenvalue weighted by Gasteiger charge is 2.53. The van der Waals surface area contributed by atoms with Crippen molar-refractivity contribution in [3.05, 3.63) is 24.3 Å². The third-order valence-corrected chi connectivity index (χ3v) is 11.6. The maximum Gasteiger partial charge on any atom is 0.485 e. The van der Waals surface area contributed by atoms with Crippen molar-refractivity contribution in [1.82, 2.24) is 16.0 Å². The monoisotopic (exact) mass is 712 g/mol. The SMILES string of the molecule is CCCCCCCCC=CCCCCCCCC(=O)OP(=O)(OC(=O)CCCCCCCC=CCCCCCCCC)C(NC)(NC)NC. The third-order valence-electron chi connectivity index (χ3n) is 9.23. The molecule has 0 saturated carbocycles. The molecule has 0 aliphatic carbocycles. The topological polar surface area (TPSA) is 106 Å². The van der Waals surface area contributed by atoms with E-state index in [1.807, 2.05) is 0 Å². The minimum absolute atomic E-state index is 0.126. The van der Waals surface area contributed by atoms with Crippen molar-refractivity contribution in [3.8, 4) is 0 Å². The summed E-state index contributed by atoms with van der Waals surface area (Å²) in [6, 6.07) is 0. The second-order valence-corrected chi connectivity index (χ2v) is 15.6. The molecule has 0 unspecified atom stereocenters. The van der Waals surface area contributed by atoms with E-state index in [0.29, 0.717) is 12.8 Å². The first-order valence-electron chi connectivity index (χ1n) is 20.3. The molecule has 0 aromatic rings. The summed E-state index contributed by atoms with van der Waals surface area (Å²) in [7, 11) is 0.393. The molecule has 0 bridgehead atoms. The number of allylic oxidation sites excluding steroid dienone is 4. The second kappa shape index (κ2) is 33.7. The number of hydrogen-bond donors (Lipinski definition) is 3. The Labute approximate surface area is 302 Å². The Bertz CT molecular complexity index is 825. The van der Waals surface area contributed by atoms with E-state index in [-0.39, 0.29) is 12.8 Å². The Morgan fingerprint density at radius 2 is 0.735 bits per heavy atom. The predicted molar refractivity (Wildman–Crippen MR) is 209 cm³/mol. The molecule has 0 saturated heterocycles. The summed E-state index contributed by atoms with van der Waals surface area (Å²) in [5.74, 6) is -1.25. The Kier molecular flexibility index (Phi) is 32.7. The van der Waals surface area contributed by atoms with Gasteiger partial charge in [0.25, 0.3) is 5.53 Å². The van der Waals surface area contributed by atoms with Crippen molar-refractivity contribution in [2.24, 2.45) is 0 Å². The molecule has 0 aromatic carbocycles. The average Bonchev–Trinajstić information content (AvgIpc) is 3.09. The van der Waals surface area contributed by atoms with E-state index >= 15 is 0 Å². The standard InChI is InChI=1S/C40H78N3O5P/c1-6-8-10-12-14-16-18-20-22-24-26-28-30-32-34-36-38(44)47-49(46,40(41-3,42-4)43-5)48-39(45)37-35-33-31-29-27-25-23-21-19-17-15-13-11-9-7-2/h20-23,41-43H,6-19,24-37H2,1-5H3. The lowest BCUT2D eigenvalue weighted by molar-refractivity contribution is -0.139. The van der Waals surface area contributed by atoms with Gasteiger partial charge in [-0.05, 0) is 85.4 Å². The summed E-state index contributed by atoms with van der Waals surface area (Å²) in [5.41, 5.74) is -1.58. The van der Waals surface area contributed by atoms with Crippen LogP contribution in [0.5, 0.6) is 0 Å². The van der Waals surface area contributed by atoms with Crippen LogP contribution in [0.3, 0.4) is 0 Å². The number of nitrogens with one attached hydrogen (secondary N) is 3. The minimum atomic E-state index is -4.30. The van der Waals surface area contributed by atoms with Gasteiger partial charge in [-0.25, -0.2) is 4.57 Å². The van der Waals surface area contributed by atoms with Crippen LogP contribution in [0.1, 0.15) is 194 Å². The van der Waals surface area contributed by atoms with Gasteiger partial charge < -0.3 is 9.05 Å². The van der Waals surface area contributed by atoms with Crippen LogP contribution < -0.4 is 16.0 Å². The van der Waals surface area contributed by atoms with Crippen LogP contribution in [0, 0.1) is 0 Å². The number of unbranched alkanes of at least 4 members (excludes halogenated alkanes) is 22.